The molecule has 0 saturated carbocycles. The third kappa shape index (κ3) is 2.49. The molecule has 2 atom stereocenters. The summed E-state index contributed by atoms with van der Waals surface area (Å²) in [5.74, 6) is -0.429. The summed E-state index contributed by atoms with van der Waals surface area (Å²) in [6.45, 7) is 0.475. The second kappa shape index (κ2) is 4.69. The Labute approximate surface area is 79.5 Å². The van der Waals surface area contributed by atoms with E-state index < -0.39 is 23.3 Å². The van der Waals surface area contributed by atoms with Crippen molar-refractivity contribution < 1.29 is 18.3 Å². The van der Waals surface area contributed by atoms with Gasteiger partial charge < -0.3 is 4.74 Å². The van der Waals surface area contributed by atoms with Crippen molar-refractivity contribution in [3.63, 3.8) is 0 Å². The molecule has 0 aromatic rings. The van der Waals surface area contributed by atoms with Crippen LogP contribution < -0.4 is 0 Å². The van der Waals surface area contributed by atoms with Gasteiger partial charge in [-0.05, 0) is 19.3 Å². The Hall–Kier alpha value is -0.460. The van der Waals surface area contributed by atoms with Crippen LogP contribution in [0.4, 0.5) is 0 Å². The van der Waals surface area contributed by atoms with Gasteiger partial charge in [0.25, 0.3) is 0 Å². The number of carbonyl (C=O) groups excluding carboxylic acids is 1. The summed E-state index contributed by atoms with van der Waals surface area (Å²) in [6, 6.07) is -0.551. The van der Waals surface area contributed by atoms with Crippen molar-refractivity contribution in [1.82, 2.24) is 4.31 Å². The smallest absolute Gasteiger partial charge is 0.324 e. The van der Waals surface area contributed by atoms with E-state index in [4.69, 9.17) is 4.55 Å². The summed E-state index contributed by atoms with van der Waals surface area (Å²) in [7, 11) is 1.29. The van der Waals surface area contributed by atoms with Crippen LogP contribution in [0.2, 0.25) is 0 Å². The molecule has 1 rings (SSSR count). The predicted octanol–water partition coefficient (Wildman–Crippen LogP) is 0.151. The fourth-order valence-corrected chi connectivity index (χ4v) is 2.16. The van der Waals surface area contributed by atoms with Crippen LogP contribution in [0.15, 0.2) is 0 Å². The van der Waals surface area contributed by atoms with Gasteiger partial charge >= 0.3 is 5.97 Å². The Morgan fingerprint density at radius 1 is 1.62 bits per heavy atom. The average molecular weight is 207 g/mol. The largest absolute Gasteiger partial charge is 0.468 e. The zero-order chi connectivity index (χ0) is 9.84. The number of rotatable bonds is 2. The second-order valence-corrected chi connectivity index (χ2v) is 3.84. The van der Waals surface area contributed by atoms with Gasteiger partial charge in [0.2, 0.25) is 11.3 Å². The lowest BCUT2D eigenvalue weighted by molar-refractivity contribution is -0.146. The fourth-order valence-electron chi connectivity index (χ4n) is 1.46. The molecule has 0 bridgehead atoms. The molecule has 6 heteroatoms. The van der Waals surface area contributed by atoms with Crippen LogP contribution in [0.1, 0.15) is 19.3 Å². The minimum Gasteiger partial charge on any atom is -0.468 e. The lowest BCUT2D eigenvalue weighted by atomic mass is 10.1. The van der Waals surface area contributed by atoms with Gasteiger partial charge in [0.1, 0.15) is 6.04 Å². The van der Waals surface area contributed by atoms with Gasteiger partial charge in [0.15, 0.2) is 0 Å². The summed E-state index contributed by atoms with van der Waals surface area (Å²) in [6.07, 6.45) is 2.34. The molecule has 0 aromatic carbocycles. The van der Waals surface area contributed by atoms with Gasteiger partial charge in [-0.3, -0.25) is 9.35 Å². The molecule has 0 radical (unpaired) electrons. The van der Waals surface area contributed by atoms with Crippen molar-refractivity contribution in [1.29, 1.82) is 0 Å². The Kier molecular flexibility index (Phi) is 3.83. The van der Waals surface area contributed by atoms with E-state index in [0.29, 0.717) is 13.0 Å². The number of esters is 1. The standard InChI is InChI=1S/C7H13NO4S/c1-12-7(9)6-4-2-3-5-8(6)13(10)11/h6H,2-5H2,1H3,(H,10,11). The minimum atomic E-state index is -2.07. The SMILES string of the molecule is COC(=O)C1CCCCN1S(=O)O. The molecule has 0 aromatic heterocycles. The lowest BCUT2D eigenvalue weighted by Crippen LogP contribution is -2.45. The van der Waals surface area contributed by atoms with Crippen molar-refractivity contribution in [3.8, 4) is 0 Å². The molecule has 0 aliphatic carbocycles. The molecular weight excluding hydrogens is 194 g/mol. The minimum absolute atomic E-state index is 0.429. The number of hydrogen-bond acceptors (Lipinski definition) is 3. The molecule has 1 heterocycles. The maximum Gasteiger partial charge on any atom is 0.324 e. The first-order valence-corrected chi connectivity index (χ1v) is 5.18. The van der Waals surface area contributed by atoms with E-state index in [-0.39, 0.29) is 0 Å². The van der Waals surface area contributed by atoms with E-state index in [1.807, 2.05) is 0 Å². The maximum atomic E-state index is 11.2. The van der Waals surface area contributed by atoms with Crippen LogP contribution in [-0.4, -0.2) is 38.7 Å². The molecular formula is C7H13NO4S. The fraction of sp³-hybridized carbons (Fsp3) is 0.857. The molecule has 76 valence electrons. The van der Waals surface area contributed by atoms with E-state index in [2.05, 4.69) is 4.74 Å². The van der Waals surface area contributed by atoms with Crippen molar-refractivity contribution in [2.24, 2.45) is 0 Å². The molecule has 0 spiro atoms. The molecule has 1 N–H and O–H groups in total. The topological polar surface area (TPSA) is 66.8 Å². The highest BCUT2D eigenvalue weighted by Gasteiger charge is 2.32. The first-order valence-electron chi connectivity index (χ1n) is 4.12. The van der Waals surface area contributed by atoms with Gasteiger partial charge in [-0.2, -0.15) is 4.31 Å². The van der Waals surface area contributed by atoms with E-state index >= 15 is 0 Å². The molecule has 1 aliphatic heterocycles. The Bertz CT molecular complexity index is 221. The number of hydrogen-bond donors (Lipinski definition) is 1. The van der Waals surface area contributed by atoms with Gasteiger partial charge in [-0.1, -0.05) is 0 Å². The molecule has 5 nitrogen and oxygen atoms in total. The highest BCUT2D eigenvalue weighted by atomic mass is 32.2. The van der Waals surface area contributed by atoms with Crippen LogP contribution in [-0.2, 0) is 20.8 Å². The highest BCUT2D eigenvalue weighted by molar-refractivity contribution is 7.76. The monoisotopic (exact) mass is 207 g/mol. The molecule has 13 heavy (non-hydrogen) atoms. The number of piperidine rings is 1. The zero-order valence-electron chi connectivity index (χ0n) is 7.43. The predicted molar refractivity (Wildman–Crippen MR) is 47.1 cm³/mol. The first-order chi connectivity index (χ1) is 6.16. The van der Waals surface area contributed by atoms with Gasteiger partial charge in [0, 0.05) is 6.54 Å². The van der Waals surface area contributed by atoms with Crippen LogP contribution in [0.25, 0.3) is 0 Å². The van der Waals surface area contributed by atoms with Crippen molar-refractivity contribution in [2.75, 3.05) is 13.7 Å². The van der Waals surface area contributed by atoms with Crippen LogP contribution >= 0.6 is 0 Å². The molecule has 0 amide bonds. The summed E-state index contributed by atoms with van der Waals surface area (Å²) < 4.78 is 25.5. The normalized spacial score (nSPS) is 26.8. The molecule has 1 saturated heterocycles. The lowest BCUT2D eigenvalue weighted by Gasteiger charge is -2.29. The zero-order valence-corrected chi connectivity index (χ0v) is 8.25. The van der Waals surface area contributed by atoms with Crippen LogP contribution in [0, 0.1) is 0 Å². The number of methoxy groups -OCH3 is 1. The van der Waals surface area contributed by atoms with E-state index in [1.54, 1.807) is 0 Å². The Morgan fingerprint density at radius 3 is 2.85 bits per heavy atom. The van der Waals surface area contributed by atoms with Gasteiger partial charge in [0.05, 0.1) is 7.11 Å². The average Bonchev–Trinajstić information content (AvgIpc) is 2.16. The Balaban J connectivity index is 2.67. The summed E-state index contributed by atoms with van der Waals surface area (Å²) in [4.78, 5) is 11.2. The third-order valence-corrected chi connectivity index (χ3v) is 2.97. The molecule has 1 aliphatic rings. The van der Waals surface area contributed by atoms with Crippen LogP contribution in [0.5, 0.6) is 0 Å². The second-order valence-electron chi connectivity index (χ2n) is 2.91. The summed E-state index contributed by atoms with van der Waals surface area (Å²) >= 11 is -2.07. The van der Waals surface area contributed by atoms with Crippen molar-refractivity contribution >= 4 is 17.2 Å². The maximum absolute atomic E-state index is 11.2. The van der Waals surface area contributed by atoms with E-state index in [9.17, 15) is 9.00 Å². The number of nitrogens with zero attached hydrogens (tertiary/aromatic N) is 1. The van der Waals surface area contributed by atoms with Crippen molar-refractivity contribution in [2.45, 2.75) is 25.3 Å². The summed E-state index contributed by atoms with van der Waals surface area (Å²) in [5, 5.41) is 0. The molecule has 1 fully saturated rings. The van der Waals surface area contributed by atoms with Gasteiger partial charge in [-0.25, -0.2) is 4.21 Å². The first kappa shape index (κ1) is 10.6. The quantitative estimate of drug-likeness (QED) is 0.517. The highest BCUT2D eigenvalue weighted by Crippen LogP contribution is 2.18. The number of carbonyl (C=O) groups is 1. The third-order valence-electron chi connectivity index (χ3n) is 2.13. The Morgan fingerprint density at radius 2 is 2.31 bits per heavy atom. The van der Waals surface area contributed by atoms with E-state index in [0.717, 1.165) is 12.8 Å². The van der Waals surface area contributed by atoms with E-state index in [1.165, 1.54) is 11.4 Å². The molecule has 2 unspecified atom stereocenters. The van der Waals surface area contributed by atoms with Gasteiger partial charge in [-0.15, -0.1) is 0 Å². The number of ether oxygens (including phenoxy) is 1. The van der Waals surface area contributed by atoms with Crippen molar-refractivity contribution in [3.05, 3.63) is 0 Å². The van der Waals surface area contributed by atoms with Crippen LogP contribution in [0.3, 0.4) is 0 Å². The summed E-state index contributed by atoms with van der Waals surface area (Å²) in [5.41, 5.74) is 0.